The van der Waals surface area contributed by atoms with Crippen LogP contribution >= 0.6 is 23.1 Å². The minimum atomic E-state index is -0.645. The Balaban J connectivity index is 1.35. The molecule has 1 saturated heterocycles. The van der Waals surface area contributed by atoms with Crippen LogP contribution in [0.3, 0.4) is 0 Å². The third-order valence-corrected chi connectivity index (χ3v) is 6.62. The van der Waals surface area contributed by atoms with Crippen molar-refractivity contribution < 1.29 is 14.0 Å². The van der Waals surface area contributed by atoms with Crippen molar-refractivity contribution in [3.05, 3.63) is 71.4 Å². The van der Waals surface area contributed by atoms with E-state index in [-0.39, 0.29) is 17.6 Å². The number of anilines is 1. The van der Waals surface area contributed by atoms with Gasteiger partial charge in [0.1, 0.15) is 11.9 Å². The molecule has 2 aromatic carbocycles. The van der Waals surface area contributed by atoms with E-state index in [1.165, 1.54) is 29.2 Å². The van der Waals surface area contributed by atoms with E-state index in [1.54, 1.807) is 18.2 Å². The van der Waals surface area contributed by atoms with Gasteiger partial charge >= 0.3 is 0 Å². The highest BCUT2D eigenvalue weighted by molar-refractivity contribution is 8.00. The molecule has 29 heavy (non-hydrogen) atoms. The molecule has 1 aliphatic heterocycles. The summed E-state index contributed by atoms with van der Waals surface area (Å²) in [6.07, 6.45) is 0.296. The van der Waals surface area contributed by atoms with Gasteiger partial charge in [0.25, 0.3) is 0 Å². The van der Waals surface area contributed by atoms with Gasteiger partial charge in [-0.15, -0.1) is 23.1 Å². The van der Waals surface area contributed by atoms with Gasteiger partial charge in [-0.2, -0.15) is 0 Å². The smallest absolute Gasteiger partial charge is 0.249 e. The van der Waals surface area contributed by atoms with Crippen LogP contribution in [0, 0.1) is 5.82 Å². The van der Waals surface area contributed by atoms with Gasteiger partial charge in [0, 0.05) is 16.7 Å². The normalized spacial score (nSPS) is 18.9. The molecule has 0 aliphatic carbocycles. The van der Waals surface area contributed by atoms with Crippen molar-refractivity contribution >= 4 is 40.0 Å². The van der Waals surface area contributed by atoms with Gasteiger partial charge in [0.15, 0.2) is 5.13 Å². The number of halogens is 1. The van der Waals surface area contributed by atoms with Crippen molar-refractivity contribution in [3.8, 4) is 11.3 Å². The lowest BCUT2D eigenvalue weighted by Gasteiger charge is -2.27. The topological polar surface area (TPSA) is 71.1 Å². The summed E-state index contributed by atoms with van der Waals surface area (Å²) in [5.74, 6) is -0.454. The number of nitrogens with one attached hydrogen (secondary N) is 2. The molecule has 8 heteroatoms. The third-order valence-electron chi connectivity index (χ3n) is 4.56. The Morgan fingerprint density at radius 1 is 1.17 bits per heavy atom. The first-order valence-electron chi connectivity index (χ1n) is 9.07. The molecular weight excluding hydrogens is 409 g/mol. The van der Waals surface area contributed by atoms with E-state index in [2.05, 4.69) is 15.6 Å². The summed E-state index contributed by atoms with van der Waals surface area (Å²) in [4.78, 5) is 29.4. The summed E-state index contributed by atoms with van der Waals surface area (Å²) in [5, 5.41) is 7.47. The van der Waals surface area contributed by atoms with Crippen molar-refractivity contribution in [2.75, 3.05) is 11.1 Å². The molecule has 1 aromatic heterocycles. The maximum absolute atomic E-state index is 13.8. The van der Waals surface area contributed by atoms with Gasteiger partial charge in [0.2, 0.25) is 11.8 Å². The molecule has 0 spiro atoms. The van der Waals surface area contributed by atoms with Crippen LogP contribution in [0.2, 0.25) is 0 Å². The fraction of sp³-hybridized carbons (Fsp3) is 0.190. The summed E-state index contributed by atoms with van der Waals surface area (Å²) in [6, 6.07) is 15.5. The Morgan fingerprint density at radius 3 is 2.69 bits per heavy atom. The first-order chi connectivity index (χ1) is 14.1. The zero-order valence-corrected chi connectivity index (χ0v) is 16.9. The summed E-state index contributed by atoms with van der Waals surface area (Å²) >= 11 is 2.70. The standard InChI is InChI=1S/C21H18FN3O2S2/c22-15-9-5-4-8-14(15)10-18-20(27)23-17(12-28-18)19(26)25-21-24-16(11-29-21)13-6-2-1-3-7-13/h1-9,11,17-18H,10,12H2,(H,23,27)(H,24,25,26). The fourth-order valence-corrected chi connectivity index (χ4v) is 4.92. The number of rotatable bonds is 5. The molecule has 0 saturated carbocycles. The van der Waals surface area contributed by atoms with E-state index in [4.69, 9.17) is 0 Å². The minimum absolute atomic E-state index is 0.256. The van der Waals surface area contributed by atoms with Crippen LogP contribution < -0.4 is 10.6 Å². The van der Waals surface area contributed by atoms with Crippen molar-refractivity contribution in [2.45, 2.75) is 17.7 Å². The van der Waals surface area contributed by atoms with Crippen LogP contribution in [0.5, 0.6) is 0 Å². The van der Waals surface area contributed by atoms with Crippen LogP contribution in [0.25, 0.3) is 11.3 Å². The number of carbonyl (C=O) groups excluding carboxylic acids is 2. The van der Waals surface area contributed by atoms with E-state index < -0.39 is 11.3 Å². The van der Waals surface area contributed by atoms with E-state index in [0.29, 0.717) is 22.9 Å². The second-order valence-corrected chi connectivity index (χ2v) is 8.67. The van der Waals surface area contributed by atoms with E-state index >= 15 is 0 Å². The predicted molar refractivity (Wildman–Crippen MR) is 114 cm³/mol. The number of amides is 2. The first-order valence-corrected chi connectivity index (χ1v) is 11.0. The van der Waals surface area contributed by atoms with Crippen molar-refractivity contribution in [1.82, 2.24) is 10.3 Å². The molecule has 3 aromatic rings. The minimum Gasteiger partial charge on any atom is -0.343 e. The van der Waals surface area contributed by atoms with E-state index in [1.807, 2.05) is 35.7 Å². The quantitative estimate of drug-likeness (QED) is 0.651. The average Bonchev–Trinajstić information content (AvgIpc) is 3.20. The number of thioether (sulfide) groups is 1. The highest BCUT2D eigenvalue weighted by atomic mass is 32.2. The summed E-state index contributed by atoms with van der Waals surface area (Å²) < 4.78 is 13.8. The van der Waals surface area contributed by atoms with Gasteiger partial charge in [-0.1, -0.05) is 48.5 Å². The van der Waals surface area contributed by atoms with Gasteiger partial charge < -0.3 is 10.6 Å². The van der Waals surface area contributed by atoms with Crippen molar-refractivity contribution in [2.24, 2.45) is 0 Å². The van der Waals surface area contributed by atoms with Crippen molar-refractivity contribution in [1.29, 1.82) is 0 Å². The maximum atomic E-state index is 13.8. The Morgan fingerprint density at radius 2 is 1.93 bits per heavy atom. The lowest BCUT2D eigenvalue weighted by Crippen LogP contribution is -2.52. The average molecular weight is 428 g/mol. The number of hydrogen-bond acceptors (Lipinski definition) is 5. The monoisotopic (exact) mass is 427 g/mol. The molecule has 2 heterocycles. The highest BCUT2D eigenvalue weighted by Gasteiger charge is 2.33. The lowest BCUT2D eigenvalue weighted by molar-refractivity contribution is -0.126. The molecule has 148 valence electrons. The maximum Gasteiger partial charge on any atom is 0.249 e. The van der Waals surface area contributed by atoms with E-state index in [9.17, 15) is 14.0 Å². The second-order valence-electron chi connectivity index (χ2n) is 6.57. The van der Waals surface area contributed by atoms with Crippen LogP contribution in [-0.4, -0.2) is 33.8 Å². The van der Waals surface area contributed by atoms with Crippen LogP contribution in [-0.2, 0) is 16.0 Å². The number of benzene rings is 2. The molecule has 0 bridgehead atoms. The lowest BCUT2D eigenvalue weighted by atomic mass is 10.1. The molecule has 1 aliphatic rings. The van der Waals surface area contributed by atoms with Gasteiger partial charge in [-0.25, -0.2) is 9.37 Å². The van der Waals surface area contributed by atoms with E-state index in [0.717, 1.165) is 11.3 Å². The fourth-order valence-electron chi connectivity index (χ4n) is 3.02. The van der Waals surface area contributed by atoms with Crippen LogP contribution in [0.15, 0.2) is 60.0 Å². The number of nitrogens with zero attached hydrogens (tertiary/aromatic N) is 1. The van der Waals surface area contributed by atoms with Gasteiger partial charge in [-0.05, 0) is 18.1 Å². The number of thiazole rings is 1. The molecule has 1 fully saturated rings. The molecule has 2 atom stereocenters. The third kappa shape index (κ3) is 4.65. The number of carbonyl (C=O) groups is 2. The molecule has 2 unspecified atom stereocenters. The molecular formula is C21H18FN3O2S2. The Bertz CT molecular complexity index is 1030. The van der Waals surface area contributed by atoms with Crippen LogP contribution in [0.1, 0.15) is 5.56 Å². The predicted octanol–water partition coefficient (Wildman–Crippen LogP) is 3.73. The first kappa shape index (κ1) is 19.6. The SMILES string of the molecule is O=C(Nc1nc(-c2ccccc2)cs1)C1CSC(Cc2ccccc2F)C(=O)N1. The molecule has 2 N–H and O–H groups in total. The summed E-state index contributed by atoms with van der Waals surface area (Å²) in [5.41, 5.74) is 2.26. The van der Waals surface area contributed by atoms with Crippen molar-refractivity contribution in [3.63, 3.8) is 0 Å². The Kier molecular flexibility index (Phi) is 5.92. The Hall–Kier alpha value is -2.71. The number of hydrogen-bond donors (Lipinski definition) is 2. The summed E-state index contributed by atoms with van der Waals surface area (Å²) in [6.45, 7) is 0. The molecule has 4 rings (SSSR count). The molecule has 0 radical (unpaired) electrons. The number of aromatic nitrogens is 1. The van der Waals surface area contributed by atoms with Gasteiger partial charge in [0.05, 0.1) is 10.9 Å². The zero-order chi connectivity index (χ0) is 20.2. The largest absolute Gasteiger partial charge is 0.343 e. The Labute approximate surface area is 175 Å². The second kappa shape index (κ2) is 8.75. The molecule has 5 nitrogen and oxygen atoms in total. The summed E-state index contributed by atoms with van der Waals surface area (Å²) in [7, 11) is 0. The zero-order valence-electron chi connectivity index (χ0n) is 15.3. The highest BCUT2D eigenvalue weighted by Crippen LogP contribution is 2.26. The van der Waals surface area contributed by atoms with Crippen LogP contribution in [0.4, 0.5) is 9.52 Å². The van der Waals surface area contributed by atoms with Gasteiger partial charge in [-0.3, -0.25) is 9.59 Å². The molecule has 2 amide bonds.